The van der Waals surface area contributed by atoms with Crippen LogP contribution < -0.4 is 19.1 Å². The van der Waals surface area contributed by atoms with Gasteiger partial charge in [0.05, 0.1) is 49.4 Å². The van der Waals surface area contributed by atoms with Gasteiger partial charge >= 0.3 is 0 Å². The summed E-state index contributed by atoms with van der Waals surface area (Å²) < 4.78 is 22.7. The molecule has 0 saturated heterocycles. The first-order valence-electron chi connectivity index (χ1n) is 11.5. The third-order valence-corrected chi connectivity index (χ3v) is 7.27. The molecule has 190 valence electrons. The van der Waals surface area contributed by atoms with E-state index in [1.807, 2.05) is 18.2 Å². The molecule has 2 aromatic carbocycles. The molecule has 0 unspecified atom stereocenters. The Morgan fingerprint density at radius 3 is 2.43 bits per heavy atom. The number of nitrogens with zero attached hydrogens (tertiary/aromatic N) is 2. The molecule has 9 nitrogen and oxygen atoms in total. The zero-order chi connectivity index (χ0) is 26.3. The number of furan rings is 1. The molecule has 5 rings (SSSR count). The van der Waals surface area contributed by atoms with Gasteiger partial charge in [0.25, 0.3) is 5.91 Å². The molecular weight excluding hydrogens is 496 g/mol. The van der Waals surface area contributed by atoms with Crippen LogP contribution >= 0.6 is 11.3 Å². The van der Waals surface area contributed by atoms with E-state index in [9.17, 15) is 14.7 Å². The van der Waals surface area contributed by atoms with Crippen molar-refractivity contribution < 1.29 is 33.3 Å². The summed E-state index contributed by atoms with van der Waals surface area (Å²) in [5.74, 6) is -1.03. The third-order valence-electron chi connectivity index (χ3n) is 6.26. The zero-order valence-corrected chi connectivity index (χ0v) is 21.4. The van der Waals surface area contributed by atoms with Gasteiger partial charge in [-0.2, -0.15) is 0 Å². The summed E-state index contributed by atoms with van der Waals surface area (Å²) in [6, 6.07) is 11.2. The minimum Gasteiger partial charge on any atom is -0.503 e. The van der Waals surface area contributed by atoms with Crippen LogP contribution in [0.25, 0.3) is 10.2 Å². The molecule has 0 aliphatic carbocycles. The molecule has 37 heavy (non-hydrogen) atoms. The van der Waals surface area contributed by atoms with Crippen LogP contribution in [0.3, 0.4) is 0 Å². The quantitative estimate of drug-likeness (QED) is 0.313. The van der Waals surface area contributed by atoms with E-state index in [1.165, 1.54) is 49.9 Å². The number of aromatic nitrogens is 1. The van der Waals surface area contributed by atoms with E-state index >= 15 is 0 Å². The Morgan fingerprint density at radius 2 is 1.84 bits per heavy atom. The van der Waals surface area contributed by atoms with Crippen LogP contribution in [-0.4, -0.2) is 43.1 Å². The average molecular weight is 521 g/mol. The SMILES string of the molecule is CCc1ccc2nc(N3C(=O)C(O)=C(C(=O)c4ccco4)[C@H]3c3cc(OC)c(OC)c(OC)c3)sc2c1. The number of rotatable bonds is 8. The predicted molar refractivity (Wildman–Crippen MR) is 138 cm³/mol. The Morgan fingerprint density at radius 1 is 1.11 bits per heavy atom. The number of thiazole rings is 1. The number of ketones is 1. The Bertz CT molecular complexity index is 1510. The van der Waals surface area contributed by atoms with Gasteiger partial charge in [0, 0.05) is 0 Å². The van der Waals surface area contributed by atoms with E-state index in [0.29, 0.717) is 33.5 Å². The number of Topliss-reactive ketones (excluding diaryl/α,β-unsaturated/α-hetero) is 1. The normalized spacial score (nSPS) is 15.5. The van der Waals surface area contributed by atoms with Crippen molar-refractivity contribution in [2.45, 2.75) is 19.4 Å². The summed E-state index contributed by atoms with van der Waals surface area (Å²) in [4.78, 5) is 33.0. The maximum atomic E-state index is 13.5. The maximum Gasteiger partial charge on any atom is 0.296 e. The second-order valence-electron chi connectivity index (χ2n) is 8.26. The molecule has 1 N–H and O–H groups in total. The van der Waals surface area contributed by atoms with E-state index in [-0.39, 0.29) is 11.3 Å². The van der Waals surface area contributed by atoms with E-state index in [2.05, 4.69) is 11.9 Å². The number of amides is 1. The molecule has 0 radical (unpaired) electrons. The highest BCUT2D eigenvalue weighted by Crippen LogP contribution is 2.48. The van der Waals surface area contributed by atoms with Crippen LogP contribution in [0.2, 0.25) is 0 Å². The lowest BCUT2D eigenvalue weighted by Crippen LogP contribution is -2.31. The van der Waals surface area contributed by atoms with Gasteiger partial charge in [-0.1, -0.05) is 24.3 Å². The number of aliphatic hydroxyl groups is 1. The number of fused-ring (bicyclic) bond motifs is 1. The van der Waals surface area contributed by atoms with Crippen LogP contribution in [0, 0.1) is 0 Å². The topological polar surface area (TPSA) is 111 Å². The van der Waals surface area contributed by atoms with Crippen LogP contribution in [0.15, 0.2) is 64.5 Å². The van der Waals surface area contributed by atoms with Crippen LogP contribution in [0.5, 0.6) is 17.2 Å². The second kappa shape index (κ2) is 9.62. The molecule has 3 heterocycles. The van der Waals surface area contributed by atoms with Crippen LogP contribution in [0.1, 0.15) is 34.6 Å². The van der Waals surface area contributed by atoms with Gasteiger partial charge in [-0.15, -0.1) is 0 Å². The van der Waals surface area contributed by atoms with Gasteiger partial charge in [0.15, 0.2) is 28.1 Å². The van der Waals surface area contributed by atoms with E-state index < -0.39 is 23.5 Å². The summed E-state index contributed by atoms with van der Waals surface area (Å²) in [7, 11) is 4.42. The van der Waals surface area contributed by atoms with Gasteiger partial charge in [0.1, 0.15) is 0 Å². The van der Waals surface area contributed by atoms with Crippen molar-refractivity contribution in [3.05, 3.63) is 76.9 Å². The first-order chi connectivity index (χ1) is 17.9. The summed E-state index contributed by atoms with van der Waals surface area (Å²) in [5.41, 5.74) is 2.16. The van der Waals surface area contributed by atoms with Crippen molar-refractivity contribution in [1.82, 2.24) is 4.98 Å². The van der Waals surface area contributed by atoms with Gasteiger partial charge in [-0.3, -0.25) is 14.5 Å². The van der Waals surface area contributed by atoms with E-state index in [1.54, 1.807) is 18.2 Å². The molecule has 2 aromatic heterocycles. The Labute approximate surface area is 216 Å². The maximum absolute atomic E-state index is 13.5. The van der Waals surface area contributed by atoms with Crippen molar-refractivity contribution in [3.63, 3.8) is 0 Å². The van der Waals surface area contributed by atoms with Crippen molar-refractivity contribution in [2.75, 3.05) is 26.2 Å². The van der Waals surface area contributed by atoms with Gasteiger partial charge in [-0.05, 0) is 53.9 Å². The number of ether oxygens (including phenoxy) is 3. The van der Waals surface area contributed by atoms with Crippen molar-refractivity contribution in [2.24, 2.45) is 0 Å². The van der Waals surface area contributed by atoms with E-state index in [0.717, 1.165) is 16.7 Å². The molecule has 0 spiro atoms. The lowest BCUT2D eigenvalue weighted by molar-refractivity contribution is -0.117. The fourth-order valence-corrected chi connectivity index (χ4v) is 5.49. The van der Waals surface area contributed by atoms with Crippen molar-refractivity contribution in [1.29, 1.82) is 0 Å². The summed E-state index contributed by atoms with van der Waals surface area (Å²) in [6.45, 7) is 2.06. The standard InChI is InChI=1S/C27H24N2O7S/c1-5-14-8-9-16-20(11-14)37-27(28-16)29-22(15-12-18(33-2)25(35-4)19(13-15)34-3)21(24(31)26(29)32)23(30)17-7-6-10-36-17/h6-13,22,31H,5H2,1-4H3/t22-/m1/s1. The highest BCUT2D eigenvalue weighted by Gasteiger charge is 2.47. The smallest absolute Gasteiger partial charge is 0.296 e. The Hall–Kier alpha value is -4.31. The summed E-state index contributed by atoms with van der Waals surface area (Å²) in [6.07, 6.45) is 2.21. The fraction of sp³-hybridized carbons (Fsp3) is 0.222. The number of hydrogen-bond acceptors (Lipinski definition) is 9. The molecule has 1 aliphatic heterocycles. The lowest BCUT2D eigenvalue weighted by Gasteiger charge is -2.25. The number of aliphatic hydroxyl groups excluding tert-OH is 1. The minimum absolute atomic E-state index is 0.00877. The Kier molecular flexibility index (Phi) is 6.34. The van der Waals surface area contributed by atoms with Gasteiger partial charge in [-0.25, -0.2) is 4.98 Å². The van der Waals surface area contributed by atoms with Crippen LogP contribution in [0.4, 0.5) is 5.13 Å². The number of aryl methyl sites for hydroxylation is 1. The molecule has 1 atom stereocenters. The second-order valence-corrected chi connectivity index (χ2v) is 9.27. The number of methoxy groups -OCH3 is 3. The first kappa shape index (κ1) is 24.4. The summed E-state index contributed by atoms with van der Waals surface area (Å²) in [5, 5.41) is 11.4. The third kappa shape index (κ3) is 3.99. The Balaban J connectivity index is 1.73. The van der Waals surface area contributed by atoms with Gasteiger partial charge in [0.2, 0.25) is 11.5 Å². The molecule has 4 aromatic rings. The molecule has 0 saturated carbocycles. The number of benzene rings is 2. The number of anilines is 1. The highest BCUT2D eigenvalue weighted by atomic mass is 32.1. The van der Waals surface area contributed by atoms with E-state index in [4.69, 9.17) is 18.6 Å². The predicted octanol–water partition coefficient (Wildman–Crippen LogP) is 5.26. The van der Waals surface area contributed by atoms with Crippen LogP contribution in [-0.2, 0) is 11.2 Å². The fourth-order valence-electron chi connectivity index (χ4n) is 4.43. The zero-order valence-electron chi connectivity index (χ0n) is 20.6. The molecule has 0 bridgehead atoms. The first-order valence-corrected chi connectivity index (χ1v) is 12.3. The van der Waals surface area contributed by atoms with Crippen molar-refractivity contribution >= 4 is 38.4 Å². The largest absolute Gasteiger partial charge is 0.503 e. The highest BCUT2D eigenvalue weighted by molar-refractivity contribution is 7.22. The number of hydrogen-bond donors (Lipinski definition) is 1. The van der Waals surface area contributed by atoms with Crippen molar-refractivity contribution in [3.8, 4) is 17.2 Å². The lowest BCUT2D eigenvalue weighted by atomic mass is 9.94. The molecule has 10 heteroatoms. The summed E-state index contributed by atoms with van der Waals surface area (Å²) >= 11 is 1.30. The molecule has 0 fully saturated rings. The minimum atomic E-state index is -1.04. The van der Waals surface area contributed by atoms with Gasteiger partial charge < -0.3 is 23.7 Å². The number of carbonyl (C=O) groups is 2. The number of carbonyl (C=O) groups excluding carboxylic acids is 2. The molecular formula is C27H24N2O7S. The molecule has 1 amide bonds. The monoisotopic (exact) mass is 520 g/mol. The average Bonchev–Trinajstić information content (AvgIpc) is 3.65. The molecule has 1 aliphatic rings.